The van der Waals surface area contributed by atoms with Gasteiger partial charge in [0.25, 0.3) is 0 Å². The van der Waals surface area contributed by atoms with E-state index in [0.29, 0.717) is 10.7 Å². The van der Waals surface area contributed by atoms with Gasteiger partial charge >= 0.3 is 5.97 Å². The van der Waals surface area contributed by atoms with Gasteiger partial charge in [-0.2, -0.15) is 0 Å². The number of hydrogen-bond acceptors (Lipinski definition) is 4. The quantitative estimate of drug-likeness (QED) is 0.500. The normalized spacial score (nSPS) is 12.0. The van der Waals surface area contributed by atoms with Crippen LogP contribution in [0.5, 0.6) is 0 Å². The molecule has 3 N–H and O–H groups in total. The summed E-state index contributed by atoms with van der Waals surface area (Å²) in [5, 5.41) is 28.0. The largest absolute Gasteiger partial charge is 0.340 e. The smallest absolute Gasteiger partial charge is 0.304 e. The van der Waals surface area contributed by atoms with Gasteiger partial charge in [0.1, 0.15) is 5.15 Å². The molecular weight excluding hydrogens is 218 g/mol. The second kappa shape index (κ2) is 3.43. The number of pyridine rings is 1. The predicted molar refractivity (Wildman–Crippen MR) is 55.1 cm³/mol. The molecular formula is C10H8ClNO3. The molecule has 0 saturated carbocycles. The third-order valence-electron chi connectivity index (χ3n) is 2.05. The van der Waals surface area contributed by atoms with Crippen LogP contribution in [0.25, 0.3) is 10.9 Å². The molecule has 2 rings (SSSR count). The number of aliphatic hydroxyl groups is 3. The highest BCUT2D eigenvalue weighted by Gasteiger charge is 2.21. The molecule has 15 heavy (non-hydrogen) atoms. The Morgan fingerprint density at radius 1 is 1.07 bits per heavy atom. The maximum absolute atomic E-state index is 8.97. The monoisotopic (exact) mass is 225 g/mol. The highest BCUT2D eigenvalue weighted by atomic mass is 35.5. The molecule has 0 fully saturated rings. The molecule has 1 aromatic carbocycles. The van der Waals surface area contributed by atoms with Gasteiger partial charge in [0.2, 0.25) is 0 Å². The molecule has 0 amide bonds. The van der Waals surface area contributed by atoms with Crippen molar-refractivity contribution in [1.29, 1.82) is 0 Å². The fourth-order valence-electron chi connectivity index (χ4n) is 1.30. The Balaban J connectivity index is 2.64. The first-order chi connectivity index (χ1) is 6.97. The predicted octanol–water partition coefficient (Wildman–Crippen LogP) is 0.975. The Bertz CT molecular complexity index is 507. The van der Waals surface area contributed by atoms with E-state index in [4.69, 9.17) is 26.9 Å². The van der Waals surface area contributed by atoms with Crippen molar-refractivity contribution >= 4 is 22.5 Å². The van der Waals surface area contributed by atoms with E-state index < -0.39 is 5.97 Å². The van der Waals surface area contributed by atoms with Crippen LogP contribution in [0, 0.1) is 0 Å². The van der Waals surface area contributed by atoms with Crippen LogP contribution in [-0.2, 0) is 5.97 Å². The maximum atomic E-state index is 8.97. The van der Waals surface area contributed by atoms with Crippen molar-refractivity contribution in [3.05, 3.63) is 41.0 Å². The molecule has 78 valence electrons. The van der Waals surface area contributed by atoms with Crippen molar-refractivity contribution in [1.82, 2.24) is 4.98 Å². The summed E-state index contributed by atoms with van der Waals surface area (Å²) in [6.07, 6.45) is 0. The number of halogens is 1. The second-order valence-electron chi connectivity index (χ2n) is 3.18. The summed E-state index contributed by atoms with van der Waals surface area (Å²) in [5.74, 6) is -2.85. The van der Waals surface area contributed by atoms with Gasteiger partial charge in [0.15, 0.2) is 0 Å². The summed E-state index contributed by atoms with van der Waals surface area (Å²) in [5.41, 5.74) is 0.436. The van der Waals surface area contributed by atoms with Crippen LogP contribution in [0.2, 0.25) is 5.15 Å². The molecule has 0 spiro atoms. The van der Waals surface area contributed by atoms with Gasteiger partial charge in [0, 0.05) is 10.9 Å². The molecule has 0 saturated heterocycles. The first-order valence-electron chi connectivity index (χ1n) is 4.21. The van der Waals surface area contributed by atoms with Crippen molar-refractivity contribution < 1.29 is 15.3 Å². The molecule has 0 aliphatic carbocycles. The lowest BCUT2D eigenvalue weighted by Gasteiger charge is -2.14. The summed E-state index contributed by atoms with van der Waals surface area (Å²) >= 11 is 5.69. The number of aromatic nitrogens is 1. The molecule has 4 nitrogen and oxygen atoms in total. The number of hydrogen-bond donors (Lipinski definition) is 3. The molecule has 0 aliphatic rings. The highest BCUT2D eigenvalue weighted by molar-refractivity contribution is 6.29. The van der Waals surface area contributed by atoms with Crippen LogP contribution in [0.15, 0.2) is 30.3 Å². The molecule has 1 aromatic heterocycles. The zero-order chi connectivity index (χ0) is 11.1. The van der Waals surface area contributed by atoms with E-state index in [-0.39, 0.29) is 5.56 Å². The fourth-order valence-corrected chi connectivity index (χ4v) is 1.45. The maximum Gasteiger partial charge on any atom is 0.304 e. The van der Waals surface area contributed by atoms with E-state index in [9.17, 15) is 0 Å². The van der Waals surface area contributed by atoms with Crippen molar-refractivity contribution in [3.8, 4) is 0 Å². The van der Waals surface area contributed by atoms with Gasteiger partial charge in [-0.15, -0.1) is 0 Å². The van der Waals surface area contributed by atoms with Crippen LogP contribution >= 0.6 is 11.6 Å². The Labute approximate surface area is 90.4 Å². The van der Waals surface area contributed by atoms with Crippen LogP contribution in [0.4, 0.5) is 0 Å². The Morgan fingerprint density at radius 3 is 2.40 bits per heavy atom. The average molecular weight is 226 g/mol. The van der Waals surface area contributed by atoms with Crippen LogP contribution < -0.4 is 0 Å². The minimum Gasteiger partial charge on any atom is -0.340 e. The molecule has 0 atom stereocenters. The second-order valence-corrected chi connectivity index (χ2v) is 3.56. The molecule has 5 heteroatoms. The Kier molecular flexibility index (Phi) is 2.36. The van der Waals surface area contributed by atoms with Gasteiger partial charge < -0.3 is 15.3 Å². The van der Waals surface area contributed by atoms with E-state index in [2.05, 4.69) is 4.98 Å². The molecule has 0 unspecified atom stereocenters. The minimum absolute atomic E-state index is 0.0511. The number of nitrogens with zero attached hydrogens (tertiary/aromatic N) is 1. The first kappa shape index (κ1) is 10.3. The third kappa shape index (κ3) is 2.08. The van der Waals surface area contributed by atoms with Gasteiger partial charge in [-0.1, -0.05) is 23.7 Å². The fraction of sp³-hybridized carbons (Fsp3) is 0.100. The van der Waals surface area contributed by atoms with E-state index in [1.54, 1.807) is 18.2 Å². The van der Waals surface area contributed by atoms with Crippen molar-refractivity contribution in [3.63, 3.8) is 0 Å². The van der Waals surface area contributed by atoms with Crippen LogP contribution in [-0.4, -0.2) is 20.3 Å². The molecule has 0 aliphatic heterocycles. The number of benzene rings is 1. The SMILES string of the molecule is OC(O)(O)c1ccc2ccc(Cl)nc2c1. The van der Waals surface area contributed by atoms with Crippen molar-refractivity contribution in [2.45, 2.75) is 5.97 Å². The van der Waals surface area contributed by atoms with Crippen molar-refractivity contribution in [2.75, 3.05) is 0 Å². The third-order valence-corrected chi connectivity index (χ3v) is 2.26. The molecule has 0 radical (unpaired) electrons. The Hall–Kier alpha value is -1.20. The van der Waals surface area contributed by atoms with Crippen LogP contribution in [0.3, 0.4) is 0 Å². The van der Waals surface area contributed by atoms with Gasteiger partial charge in [-0.25, -0.2) is 4.98 Å². The number of rotatable bonds is 1. The summed E-state index contributed by atoms with van der Waals surface area (Å²) in [6, 6.07) is 7.76. The molecule has 2 aromatic rings. The molecule has 1 heterocycles. The van der Waals surface area contributed by atoms with E-state index in [1.165, 1.54) is 12.1 Å². The minimum atomic E-state index is -2.85. The van der Waals surface area contributed by atoms with Gasteiger partial charge in [-0.3, -0.25) is 0 Å². The summed E-state index contributed by atoms with van der Waals surface area (Å²) in [6.45, 7) is 0. The Morgan fingerprint density at radius 2 is 1.73 bits per heavy atom. The van der Waals surface area contributed by atoms with Crippen molar-refractivity contribution in [2.24, 2.45) is 0 Å². The highest BCUT2D eigenvalue weighted by Crippen LogP contribution is 2.21. The lowest BCUT2D eigenvalue weighted by atomic mass is 10.1. The zero-order valence-electron chi connectivity index (χ0n) is 7.55. The summed E-state index contributed by atoms with van der Waals surface area (Å²) in [7, 11) is 0. The lowest BCUT2D eigenvalue weighted by molar-refractivity contribution is -0.323. The first-order valence-corrected chi connectivity index (χ1v) is 4.58. The van der Waals surface area contributed by atoms with Gasteiger partial charge in [-0.05, 0) is 18.2 Å². The van der Waals surface area contributed by atoms with E-state index in [1.807, 2.05) is 0 Å². The standard InChI is InChI=1S/C10H8ClNO3/c11-9-4-2-6-1-3-7(10(13,14)15)5-8(6)12-9/h1-5,13-15H. The number of fused-ring (bicyclic) bond motifs is 1. The van der Waals surface area contributed by atoms with E-state index >= 15 is 0 Å². The van der Waals surface area contributed by atoms with Gasteiger partial charge in [0.05, 0.1) is 5.52 Å². The average Bonchev–Trinajstić information content (AvgIpc) is 2.15. The topological polar surface area (TPSA) is 73.6 Å². The summed E-state index contributed by atoms with van der Waals surface area (Å²) < 4.78 is 0. The van der Waals surface area contributed by atoms with Crippen LogP contribution in [0.1, 0.15) is 5.56 Å². The zero-order valence-corrected chi connectivity index (χ0v) is 8.31. The summed E-state index contributed by atoms with van der Waals surface area (Å²) in [4.78, 5) is 3.98. The molecule has 0 bridgehead atoms. The lowest BCUT2D eigenvalue weighted by Crippen LogP contribution is -2.23. The van der Waals surface area contributed by atoms with E-state index in [0.717, 1.165) is 5.39 Å².